The van der Waals surface area contributed by atoms with Gasteiger partial charge in [-0.1, -0.05) is 0 Å². The minimum atomic E-state index is -3.71. The Morgan fingerprint density at radius 3 is 2.15 bits per heavy atom. The zero-order valence-electron chi connectivity index (χ0n) is 13.2. The van der Waals surface area contributed by atoms with Gasteiger partial charge in [-0.2, -0.15) is 0 Å². The van der Waals surface area contributed by atoms with Crippen LogP contribution in [0.5, 0.6) is 0 Å². The van der Waals surface area contributed by atoms with Crippen LogP contribution in [0.3, 0.4) is 0 Å². The quantitative estimate of drug-likeness (QED) is 0.288. The molecule has 0 aliphatic heterocycles. The first-order valence-corrected chi connectivity index (χ1v) is 5.34. The summed E-state index contributed by atoms with van der Waals surface area (Å²) in [6, 6.07) is 0. The Hall–Kier alpha value is -1.35. The van der Waals surface area contributed by atoms with Crippen molar-refractivity contribution in [3.05, 3.63) is 0 Å². The van der Waals surface area contributed by atoms with E-state index in [4.69, 9.17) is 15.7 Å². The summed E-state index contributed by atoms with van der Waals surface area (Å²) in [4.78, 5) is 45.8. The van der Waals surface area contributed by atoms with Gasteiger partial charge in [-0.05, 0) is 25.4 Å². The van der Waals surface area contributed by atoms with Crippen molar-refractivity contribution in [2.75, 3.05) is 6.61 Å². The van der Waals surface area contributed by atoms with Gasteiger partial charge in [-0.25, -0.2) is 0 Å². The van der Waals surface area contributed by atoms with Crippen LogP contribution in [0.4, 0.5) is 0 Å². The average Bonchev–Trinajstić information content (AvgIpc) is 2.55. The number of hydrogen-bond donors (Lipinski definition) is 3. The van der Waals surface area contributed by atoms with Crippen molar-refractivity contribution in [3.63, 3.8) is 0 Å². The number of halogens is 1. The molecule has 8 nitrogen and oxygen atoms in total. The molecule has 114 valence electrons. The molecule has 20 heavy (non-hydrogen) atoms. The van der Waals surface area contributed by atoms with E-state index in [1.807, 2.05) is 0 Å². The van der Waals surface area contributed by atoms with E-state index in [1.54, 1.807) is 0 Å². The average molecular weight is 314 g/mol. The number of aliphatic hydroxyl groups excluding tert-OH is 1. The molecule has 0 aromatic carbocycles. The van der Waals surface area contributed by atoms with Gasteiger partial charge in [0.2, 0.25) is 5.60 Å². The van der Waals surface area contributed by atoms with Crippen molar-refractivity contribution in [3.8, 4) is 0 Å². The fourth-order valence-electron chi connectivity index (χ4n) is 1.39. The van der Waals surface area contributed by atoms with Gasteiger partial charge < -0.3 is 20.1 Å². The molecule has 0 aromatic rings. The number of Topliss-reactive ketones (excluding diaryl/α,β-unsaturated/α-hetero) is 2. The summed E-state index contributed by atoms with van der Waals surface area (Å²) in [5, 5.41) is 28.3. The highest BCUT2D eigenvalue weighted by atomic mass is 35.5. The van der Waals surface area contributed by atoms with Gasteiger partial charge in [-0.3, -0.25) is 19.2 Å². The second kappa shape index (κ2) is 6.40. The highest BCUT2D eigenvalue weighted by Crippen LogP contribution is 2.31. The Balaban J connectivity index is 5.97. The molecule has 0 fully saturated rings. The summed E-state index contributed by atoms with van der Waals surface area (Å²) in [6.07, 6.45) is -2.51. The molecule has 0 bridgehead atoms. The van der Waals surface area contributed by atoms with Crippen molar-refractivity contribution in [2.24, 2.45) is 0 Å². The fraction of sp³-hybridized carbons (Fsp3) is 0.636. The molecule has 0 aliphatic carbocycles. The molecule has 0 saturated carbocycles. The van der Waals surface area contributed by atoms with E-state index in [-0.39, 0.29) is 0 Å². The lowest BCUT2D eigenvalue weighted by Crippen LogP contribution is -2.71. The van der Waals surface area contributed by atoms with Gasteiger partial charge >= 0.3 is 5.97 Å². The molecular formula is C11H15ClO8. The van der Waals surface area contributed by atoms with Crippen LogP contribution in [-0.2, 0) is 23.9 Å². The van der Waals surface area contributed by atoms with Crippen LogP contribution in [0.25, 0.3) is 0 Å². The Kier molecular flexibility index (Phi) is 4.36. The van der Waals surface area contributed by atoms with Gasteiger partial charge in [0.25, 0.3) is 5.24 Å². The molecule has 0 aliphatic rings. The zero-order chi connectivity index (χ0) is 18.4. The minimum absolute atomic E-state index is 0.859. The summed E-state index contributed by atoms with van der Waals surface area (Å²) in [5.41, 5.74) is -7.31. The number of rotatable bonds is 7. The van der Waals surface area contributed by atoms with E-state index >= 15 is 0 Å². The van der Waals surface area contributed by atoms with Gasteiger partial charge in [0, 0.05) is 11.0 Å². The third-order valence-corrected chi connectivity index (χ3v) is 2.82. The molecule has 0 aromatic heterocycles. The Morgan fingerprint density at radius 2 is 1.75 bits per heavy atom. The third kappa shape index (κ3) is 3.04. The van der Waals surface area contributed by atoms with E-state index in [2.05, 4.69) is 4.74 Å². The van der Waals surface area contributed by atoms with Crippen LogP contribution >= 0.6 is 11.6 Å². The number of ketones is 2. The molecule has 0 spiro atoms. The maximum atomic E-state index is 11.8. The van der Waals surface area contributed by atoms with Gasteiger partial charge in [-0.15, -0.1) is 0 Å². The largest absolute Gasteiger partial charge is 0.463 e. The van der Waals surface area contributed by atoms with E-state index in [0.29, 0.717) is 0 Å². The van der Waals surface area contributed by atoms with E-state index < -0.39 is 67.4 Å². The summed E-state index contributed by atoms with van der Waals surface area (Å²) in [6.45, 7) is -4.57. The number of ether oxygens (including phenoxy) is 1. The second-order valence-corrected chi connectivity index (χ2v) is 4.14. The number of carbonyl (C=O) groups is 4. The Morgan fingerprint density at radius 1 is 1.20 bits per heavy atom. The van der Waals surface area contributed by atoms with Crippen molar-refractivity contribution in [2.45, 2.75) is 38.0 Å². The first-order chi connectivity index (χ1) is 10.5. The summed E-state index contributed by atoms with van der Waals surface area (Å²) in [7, 11) is 0. The summed E-state index contributed by atoms with van der Waals surface area (Å²) < 4.78 is 24.9. The molecule has 0 unspecified atom stereocenters. The summed E-state index contributed by atoms with van der Waals surface area (Å²) >= 11 is 5.06. The van der Waals surface area contributed by atoms with Crippen LogP contribution < -0.4 is 0 Å². The predicted molar refractivity (Wildman–Crippen MR) is 64.8 cm³/mol. The molecule has 9 heteroatoms. The monoisotopic (exact) mass is 313 g/mol. The lowest BCUT2D eigenvalue weighted by atomic mass is 9.74. The SMILES string of the molecule is [2H]CC(=O)OC[C@@H](O)[C@](O)(C(=O)C[2H])[C@@](O)(C(=O)Cl)C(=O)C[2H]. The number of hydrogen-bond acceptors (Lipinski definition) is 8. The highest BCUT2D eigenvalue weighted by Gasteiger charge is 2.64. The number of carbonyl (C=O) groups excluding carboxylic acids is 4. The molecule has 0 rings (SSSR count). The molecule has 0 amide bonds. The molecule has 0 heterocycles. The smallest absolute Gasteiger partial charge is 0.302 e. The van der Waals surface area contributed by atoms with Crippen molar-refractivity contribution < 1.29 is 43.3 Å². The second-order valence-electron chi connectivity index (χ2n) is 3.80. The number of esters is 1. The first kappa shape index (κ1) is 13.6. The maximum Gasteiger partial charge on any atom is 0.302 e. The molecule has 3 N–H and O–H groups in total. The van der Waals surface area contributed by atoms with Gasteiger partial charge in [0.15, 0.2) is 17.2 Å². The number of aliphatic hydroxyl groups is 3. The van der Waals surface area contributed by atoms with Gasteiger partial charge in [0.1, 0.15) is 12.7 Å². The van der Waals surface area contributed by atoms with Crippen LogP contribution in [0.1, 0.15) is 24.8 Å². The molecular weight excluding hydrogens is 296 g/mol. The molecule has 3 atom stereocenters. The Bertz CT molecular complexity index is 502. The Labute approximate surface area is 123 Å². The standard InChI is InChI=1S/C11H15ClO8/c1-5(13)10(18,8(16)4-20-7(3)15)11(19,6(2)14)9(12)17/h8,16,18-19H,4H2,1-3H3/t8-,10-,11+/m1/s1/i1D,2D,3D. The topological polar surface area (TPSA) is 138 Å². The lowest BCUT2D eigenvalue weighted by molar-refractivity contribution is -0.206. The van der Waals surface area contributed by atoms with Crippen molar-refractivity contribution in [1.29, 1.82) is 0 Å². The highest BCUT2D eigenvalue weighted by molar-refractivity contribution is 6.68. The van der Waals surface area contributed by atoms with E-state index in [0.717, 1.165) is 0 Å². The van der Waals surface area contributed by atoms with Crippen LogP contribution in [0.2, 0.25) is 0 Å². The van der Waals surface area contributed by atoms with Crippen LogP contribution in [-0.4, -0.2) is 62.0 Å². The van der Waals surface area contributed by atoms with Crippen LogP contribution in [0.15, 0.2) is 0 Å². The third-order valence-electron chi connectivity index (χ3n) is 2.55. The first-order valence-electron chi connectivity index (χ1n) is 7.08. The minimum Gasteiger partial charge on any atom is -0.463 e. The fourth-order valence-corrected chi connectivity index (χ4v) is 1.64. The van der Waals surface area contributed by atoms with E-state index in [9.17, 15) is 34.5 Å². The van der Waals surface area contributed by atoms with E-state index in [1.165, 1.54) is 0 Å². The summed E-state index contributed by atoms with van der Waals surface area (Å²) in [5.74, 6) is -4.53. The molecule has 0 radical (unpaired) electrons. The van der Waals surface area contributed by atoms with Crippen molar-refractivity contribution >= 4 is 34.4 Å². The lowest BCUT2D eigenvalue weighted by Gasteiger charge is -2.39. The van der Waals surface area contributed by atoms with Crippen LogP contribution in [0, 0.1) is 0 Å². The zero-order valence-corrected chi connectivity index (χ0v) is 10.9. The molecule has 0 saturated heterocycles. The predicted octanol–water partition coefficient (Wildman–Crippen LogP) is -1.68. The van der Waals surface area contributed by atoms with Crippen molar-refractivity contribution in [1.82, 2.24) is 0 Å². The maximum absolute atomic E-state index is 11.8. The van der Waals surface area contributed by atoms with Gasteiger partial charge in [0.05, 0.1) is 0 Å². The normalized spacial score (nSPS) is 20.3.